The van der Waals surface area contributed by atoms with Crippen molar-refractivity contribution in [2.75, 3.05) is 27.7 Å². The number of hydrogen-bond acceptors (Lipinski definition) is 5. The molecule has 1 heterocycles. The van der Waals surface area contributed by atoms with Crippen molar-refractivity contribution >= 4 is 0 Å². The van der Waals surface area contributed by atoms with Crippen LogP contribution in [0.5, 0.6) is 5.75 Å². The van der Waals surface area contributed by atoms with E-state index in [0.29, 0.717) is 0 Å². The lowest BCUT2D eigenvalue weighted by molar-refractivity contribution is 0.350. The van der Waals surface area contributed by atoms with E-state index < -0.39 is 0 Å². The zero-order chi connectivity index (χ0) is 13.5. The van der Waals surface area contributed by atoms with Crippen molar-refractivity contribution in [3.63, 3.8) is 0 Å². The average molecular weight is 255 g/mol. The fraction of sp³-hybridized carbons (Fsp3) is 0.750. The van der Waals surface area contributed by atoms with E-state index >= 15 is 0 Å². The van der Waals surface area contributed by atoms with Crippen LogP contribution in [-0.2, 0) is 6.54 Å². The summed E-state index contributed by atoms with van der Waals surface area (Å²) in [6.07, 6.45) is 3.77. The lowest BCUT2D eigenvalue weighted by Gasteiger charge is -2.19. The summed E-state index contributed by atoms with van der Waals surface area (Å²) in [6, 6.07) is 0.0783. The molecule has 18 heavy (non-hydrogen) atoms. The molecule has 1 aromatic rings. The van der Waals surface area contributed by atoms with Crippen molar-refractivity contribution < 1.29 is 4.74 Å². The van der Waals surface area contributed by atoms with Gasteiger partial charge in [0.2, 0.25) is 0 Å². The van der Waals surface area contributed by atoms with E-state index in [1.165, 1.54) is 0 Å². The van der Waals surface area contributed by atoms with Crippen LogP contribution in [0.25, 0.3) is 0 Å². The van der Waals surface area contributed by atoms with E-state index in [0.717, 1.165) is 37.4 Å². The minimum Gasteiger partial charge on any atom is -0.493 e. The summed E-state index contributed by atoms with van der Waals surface area (Å²) in [6.45, 7) is 3.90. The minimum atomic E-state index is 0.0783. The average Bonchev–Trinajstić information content (AvgIpc) is 2.76. The van der Waals surface area contributed by atoms with Gasteiger partial charge in [-0.25, -0.2) is 0 Å². The summed E-state index contributed by atoms with van der Waals surface area (Å²) in [5.74, 6) is 6.44. The van der Waals surface area contributed by atoms with Crippen LogP contribution in [0.1, 0.15) is 31.5 Å². The number of hydrazine groups is 1. The molecule has 0 spiro atoms. The van der Waals surface area contributed by atoms with Gasteiger partial charge in [0, 0.05) is 6.54 Å². The first kappa shape index (κ1) is 14.9. The molecular weight excluding hydrogens is 230 g/mol. The number of likely N-dealkylation sites (N-methyl/N-ethyl adjacent to an activating group) is 1. The fourth-order valence-corrected chi connectivity index (χ4v) is 1.95. The molecule has 6 nitrogen and oxygen atoms in total. The van der Waals surface area contributed by atoms with Gasteiger partial charge in [0.05, 0.1) is 31.6 Å². The number of nitrogens with zero attached hydrogens (tertiary/aromatic N) is 3. The third-order valence-corrected chi connectivity index (χ3v) is 2.93. The third kappa shape index (κ3) is 3.69. The molecule has 6 heteroatoms. The van der Waals surface area contributed by atoms with Crippen LogP contribution in [0.15, 0.2) is 6.20 Å². The van der Waals surface area contributed by atoms with Gasteiger partial charge in [-0.1, -0.05) is 13.3 Å². The fourth-order valence-electron chi connectivity index (χ4n) is 1.95. The molecule has 0 saturated carbocycles. The zero-order valence-electron chi connectivity index (χ0n) is 11.8. The molecule has 0 aromatic carbocycles. The predicted molar refractivity (Wildman–Crippen MR) is 72.3 cm³/mol. The summed E-state index contributed by atoms with van der Waals surface area (Å²) in [4.78, 5) is 2.13. The molecule has 1 unspecified atom stereocenters. The Hall–Kier alpha value is -1.11. The number of rotatable bonds is 8. The molecule has 0 saturated heterocycles. The lowest BCUT2D eigenvalue weighted by Crippen LogP contribution is -2.31. The van der Waals surface area contributed by atoms with Crippen LogP contribution in [-0.4, -0.2) is 42.4 Å². The third-order valence-electron chi connectivity index (χ3n) is 2.93. The number of hydrogen-bond donors (Lipinski definition) is 2. The molecule has 0 amide bonds. The minimum absolute atomic E-state index is 0.0783. The second-order valence-electron chi connectivity index (χ2n) is 4.63. The highest BCUT2D eigenvalue weighted by Gasteiger charge is 2.20. The van der Waals surface area contributed by atoms with Crippen molar-refractivity contribution in [3.8, 4) is 5.75 Å². The summed E-state index contributed by atoms with van der Waals surface area (Å²) in [5, 5.41) is 4.38. The summed E-state index contributed by atoms with van der Waals surface area (Å²) < 4.78 is 7.34. The molecule has 104 valence electrons. The van der Waals surface area contributed by atoms with Crippen molar-refractivity contribution in [1.29, 1.82) is 0 Å². The van der Waals surface area contributed by atoms with Gasteiger partial charge in [-0.3, -0.25) is 16.0 Å². The van der Waals surface area contributed by atoms with Gasteiger partial charge in [-0.2, -0.15) is 5.10 Å². The van der Waals surface area contributed by atoms with Crippen LogP contribution in [0.3, 0.4) is 0 Å². The molecule has 1 atom stereocenters. The first-order valence-corrected chi connectivity index (χ1v) is 6.34. The van der Waals surface area contributed by atoms with E-state index in [1.54, 1.807) is 13.3 Å². The Morgan fingerprint density at radius 2 is 2.28 bits per heavy atom. The SMILES string of the molecule is CCCC(NN)c1c(OC)cnn1CCN(C)C. The van der Waals surface area contributed by atoms with E-state index in [9.17, 15) is 0 Å². The van der Waals surface area contributed by atoms with Crippen molar-refractivity contribution in [3.05, 3.63) is 11.9 Å². The molecule has 1 aromatic heterocycles. The van der Waals surface area contributed by atoms with Crippen LogP contribution in [0.2, 0.25) is 0 Å². The first-order chi connectivity index (χ1) is 8.63. The molecule has 0 aliphatic heterocycles. The van der Waals surface area contributed by atoms with Crippen molar-refractivity contribution in [2.45, 2.75) is 32.4 Å². The molecule has 0 bridgehead atoms. The normalized spacial score (nSPS) is 13.0. The molecule has 0 radical (unpaired) electrons. The molecule has 0 aliphatic rings. The van der Waals surface area contributed by atoms with E-state index in [-0.39, 0.29) is 6.04 Å². The van der Waals surface area contributed by atoms with Gasteiger partial charge in [-0.05, 0) is 20.5 Å². The molecule has 0 aliphatic carbocycles. The predicted octanol–water partition coefficient (Wildman–Crippen LogP) is 0.758. The Labute approximate surface area is 109 Å². The summed E-state index contributed by atoms with van der Waals surface area (Å²) in [7, 11) is 5.76. The van der Waals surface area contributed by atoms with Crippen molar-refractivity contribution in [2.24, 2.45) is 5.84 Å². The standard InChI is InChI=1S/C12H25N5O/c1-5-6-10(15-13)12-11(18-4)9-14-17(12)8-7-16(2)3/h9-10,15H,5-8,13H2,1-4H3. The Morgan fingerprint density at radius 3 is 2.78 bits per heavy atom. The van der Waals surface area contributed by atoms with Crippen LogP contribution >= 0.6 is 0 Å². The molecular formula is C12H25N5O. The number of nitrogens with two attached hydrogens (primary N) is 1. The number of nitrogens with one attached hydrogen (secondary N) is 1. The maximum atomic E-state index is 5.64. The molecule has 3 N–H and O–H groups in total. The maximum absolute atomic E-state index is 5.64. The van der Waals surface area contributed by atoms with E-state index in [4.69, 9.17) is 10.6 Å². The van der Waals surface area contributed by atoms with Gasteiger partial charge < -0.3 is 9.64 Å². The van der Waals surface area contributed by atoms with Gasteiger partial charge >= 0.3 is 0 Å². The number of ether oxygens (including phenoxy) is 1. The molecule has 1 rings (SSSR count). The Morgan fingerprint density at radius 1 is 1.56 bits per heavy atom. The highest BCUT2D eigenvalue weighted by Crippen LogP contribution is 2.27. The van der Waals surface area contributed by atoms with E-state index in [1.807, 2.05) is 18.8 Å². The smallest absolute Gasteiger partial charge is 0.161 e. The quantitative estimate of drug-likeness (QED) is 0.530. The Balaban J connectivity index is 2.92. The maximum Gasteiger partial charge on any atom is 0.161 e. The largest absolute Gasteiger partial charge is 0.493 e. The summed E-state index contributed by atoms with van der Waals surface area (Å²) in [5.41, 5.74) is 3.88. The van der Waals surface area contributed by atoms with Crippen LogP contribution in [0, 0.1) is 0 Å². The molecule has 0 fully saturated rings. The first-order valence-electron chi connectivity index (χ1n) is 6.34. The Kier molecular flexibility index (Phi) is 6.11. The highest BCUT2D eigenvalue weighted by molar-refractivity contribution is 5.28. The van der Waals surface area contributed by atoms with Crippen LogP contribution in [0.4, 0.5) is 0 Å². The van der Waals surface area contributed by atoms with Gasteiger partial charge in [0.25, 0.3) is 0 Å². The zero-order valence-corrected chi connectivity index (χ0v) is 11.8. The summed E-state index contributed by atoms with van der Waals surface area (Å²) >= 11 is 0. The monoisotopic (exact) mass is 255 g/mol. The van der Waals surface area contributed by atoms with Gasteiger partial charge in [0.1, 0.15) is 0 Å². The number of methoxy groups -OCH3 is 1. The lowest BCUT2D eigenvalue weighted by atomic mass is 10.1. The van der Waals surface area contributed by atoms with Gasteiger partial charge in [0.15, 0.2) is 5.75 Å². The van der Waals surface area contributed by atoms with Crippen LogP contribution < -0.4 is 16.0 Å². The Bertz CT molecular complexity index is 350. The highest BCUT2D eigenvalue weighted by atomic mass is 16.5. The second kappa shape index (κ2) is 7.35. The van der Waals surface area contributed by atoms with Crippen molar-refractivity contribution in [1.82, 2.24) is 20.1 Å². The second-order valence-corrected chi connectivity index (χ2v) is 4.63. The number of aromatic nitrogens is 2. The van der Waals surface area contributed by atoms with Gasteiger partial charge in [-0.15, -0.1) is 0 Å². The topological polar surface area (TPSA) is 68.3 Å². The van der Waals surface area contributed by atoms with E-state index in [2.05, 4.69) is 22.3 Å².